The Morgan fingerprint density at radius 3 is 0.657 bits per heavy atom. The standard InChI is InChI=1S/C39H30O15.C32H26O13/c1-4-34(40)49-22-46-28-13-7-25(8-14-28)37(43)52-31-19-20-32(53-38(44)26-9-15-29(16-10-26)47-23-50-35(41)5-2)33(21-31)54-39(45)27-11-17-30(18-12-27)48-24-51-36(42)6-3;1-4-28(33)41-18-38-23-11-7-21(8-12-23)31(36)44-25-15-16-26(27(17-25)40-20-43-30(35)6-3)45-32(37)22-9-13-24(14-10-22)39-19-42-29(34)5-2/h4-21H,1-3,22-24H2;4-17H,1-3,18-20H2. The molecule has 0 unspecified atom stereocenters. The molecule has 0 atom stereocenters. The van der Waals surface area contributed by atoms with E-state index in [1.165, 1.54) is 158 Å². The van der Waals surface area contributed by atoms with Crippen LogP contribution in [0.15, 0.2) is 234 Å². The van der Waals surface area contributed by atoms with Gasteiger partial charge in [0.1, 0.15) is 40.2 Å². The maximum Gasteiger partial charge on any atom is 0.343 e. The Morgan fingerprint density at radius 2 is 0.414 bits per heavy atom. The van der Waals surface area contributed by atoms with Crippen LogP contribution in [0.25, 0.3) is 0 Å². The zero-order valence-electron chi connectivity index (χ0n) is 51.9. The fraction of sp³-hybridized carbons (Fsp3) is 0.0845. The summed E-state index contributed by atoms with van der Waals surface area (Å²) in [6.45, 7) is 17.3. The van der Waals surface area contributed by atoms with Crippen LogP contribution in [-0.4, -0.2) is 106 Å². The second-order valence-electron chi connectivity index (χ2n) is 18.4. The lowest BCUT2D eigenvalue weighted by Crippen LogP contribution is -2.14. The summed E-state index contributed by atoms with van der Waals surface area (Å²) in [5.41, 5.74) is 0.554. The van der Waals surface area contributed by atoms with E-state index < -0.39 is 72.5 Å². The van der Waals surface area contributed by atoms with Crippen LogP contribution in [0.4, 0.5) is 0 Å². The highest BCUT2D eigenvalue weighted by Crippen LogP contribution is 2.35. The van der Waals surface area contributed by atoms with E-state index in [9.17, 15) is 52.7 Å². The SMILES string of the molecule is C=CC(=O)OCOc1ccc(C(=O)Oc2ccc(OC(=O)c3ccc(OCOC(=O)C=C)cc3)c(OC(=O)c3ccc(OCOC(=O)C=C)cc3)c2)cc1.C=CC(=O)OCOc1ccc(C(=O)Oc2ccc(OC(=O)c3ccc(OCOC(=O)C=C)cc3)c(OCOC(=O)C=C)c2)cc1. The average Bonchev–Trinajstić information content (AvgIpc) is 0.836. The third kappa shape index (κ3) is 25.1. The van der Waals surface area contributed by atoms with Gasteiger partial charge in [-0.2, -0.15) is 0 Å². The summed E-state index contributed by atoms with van der Waals surface area (Å²) in [7, 11) is 0. The molecule has 0 bridgehead atoms. The van der Waals surface area contributed by atoms with Crippen LogP contribution in [-0.2, 0) is 57.2 Å². The van der Waals surface area contributed by atoms with Gasteiger partial charge in [-0.1, -0.05) is 39.5 Å². The molecule has 0 saturated carbocycles. The molecule has 28 heteroatoms. The van der Waals surface area contributed by atoms with Gasteiger partial charge >= 0.3 is 65.7 Å². The van der Waals surface area contributed by atoms with E-state index in [1.54, 1.807) is 0 Å². The Morgan fingerprint density at radius 1 is 0.222 bits per heavy atom. The third-order valence-electron chi connectivity index (χ3n) is 11.9. The maximum absolute atomic E-state index is 13.2. The van der Waals surface area contributed by atoms with E-state index in [-0.39, 0.29) is 108 Å². The highest BCUT2D eigenvalue weighted by molar-refractivity contribution is 5.95. The van der Waals surface area contributed by atoms with Crippen LogP contribution in [0.1, 0.15) is 51.8 Å². The first kappa shape index (κ1) is 74.0. The van der Waals surface area contributed by atoms with Crippen LogP contribution >= 0.6 is 0 Å². The fourth-order valence-corrected chi connectivity index (χ4v) is 6.99. The number of carbonyl (C=O) groups is 11. The van der Waals surface area contributed by atoms with Gasteiger partial charge < -0.3 is 80.5 Å². The van der Waals surface area contributed by atoms with Crippen molar-refractivity contribution >= 4 is 65.7 Å². The van der Waals surface area contributed by atoms with Gasteiger partial charge in [0.25, 0.3) is 0 Å². The predicted octanol–water partition coefficient (Wildman–Crippen LogP) is 9.86. The molecule has 0 aliphatic heterocycles. The molecule has 99 heavy (non-hydrogen) atoms. The summed E-state index contributed by atoms with van der Waals surface area (Å²) >= 11 is 0. The minimum absolute atomic E-state index is 0.0140. The van der Waals surface area contributed by atoms with Gasteiger partial charge in [-0.3, -0.25) is 0 Å². The van der Waals surface area contributed by atoms with Crippen LogP contribution in [0.3, 0.4) is 0 Å². The van der Waals surface area contributed by atoms with E-state index in [2.05, 4.69) is 39.5 Å². The second-order valence-corrected chi connectivity index (χ2v) is 18.4. The molecular formula is C71H56O28. The van der Waals surface area contributed by atoms with Crippen molar-refractivity contribution in [2.75, 3.05) is 40.8 Å². The number of benzene rings is 7. The Bertz CT molecular complexity index is 4100. The van der Waals surface area contributed by atoms with Crippen molar-refractivity contribution in [2.24, 2.45) is 0 Å². The van der Waals surface area contributed by atoms with Crippen molar-refractivity contribution in [2.45, 2.75) is 0 Å². The first-order chi connectivity index (χ1) is 47.8. The van der Waals surface area contributed by atoms with E-state index in [4.69, 9.17) is 80.5 Å². The Labute approximate surface area is 562 Å². The monoisotopic (exact) mass is 1360 g/mol. The summed E-state index contributed by atoms with van der Waals surface area (Å²) in [4.78, 5) is 132. The first-order valence-corrected chi connectivity index (χ1v) is 28.2. The van der Waals surface area contributed by atoms with Crippen LogP contribution in [0, 0.1) is 0 Å². The first-order valence-electron chi connectivity index (χ1n) is 28.2. The molecule has 7 rings (SSSR count). The van der Waals surface area contributed by atoms with Crippen molar-refractivity contribution < 1.29 is 133 Å². The predicted molar refractivity (Wildman–Crippen MR) is 341 cm³/mol. The van der Waals surface area contributed by atoms with Gasteiger partial charge in [0.15, 0.2) is 23.0 Å². The largest absolute Gasteiger partial charge is 0.457 e. The number of ether oxygens (including phenoxy) is 17. The highest BCUT2D eigenvalue weighted by atomic mass is 16.7. The zero-order chi connectivity index (χ0) is 71.5. The maximum atomic E-state index is 13.2. The summed E-state index contributed by atoms with van der Waals surface area (Å²) < 4.78 is 87.9. The smallest absolute Gasteiger partial charge is 0.343 e. The van der Waals surface area contributed by atoms with Crippen molar-refractivity contribution in [1.29, 1.82) is 0 Å². The molecule has 0 N–H and O–H groups in total. The van der Waals surface area contributed by atoms with Gasteiger partial charge in [0.2, 0.25) is 40.8 Å². The van der Waals surface area contributed by atoms with E-state index in [1.807, 2.05) is 0 Å². The molecule has 0 aliphatic rings. The van der Waals surface area contributed by atoms with Crippen molar-refractivity contribution in [3.8, 4) is 63.2 Å². The van der Waals surface area contributed by atoms with Gasteiger partial charge in [-0.15, -0.1) is 0 Å². The lowest BCUT2D eigenvalue weighted by molar-refractivity contribution is -0.145. The molecule has 508 valence electrons. The Hall–Kier alpha value is -14.1. The summed E-state index contributed by atoms with van der Waals surface area (Å²) in [5, 5.41) is 0. The number of hydrogen-bond acceptors (Lipinski definition) is 28. The molecular weight excluding hydrogens is 1300 g/mol. The van der Waals surface area contributed by atoms with Crippen LogP contribution in [0.2, 0.25) is 0 Å². The lowest BCUT2D eigenvalue weighted by Gasteiger charge is -2.14. The number of carbonyl (C=O) groups excluding carboxylic acids is 11. The van der Waals surface area contributed by atoms with E-state index in [0.29, 0.717) is 17.2 Å². The molecule has 0 aliphatic carbocycles. The normalized spacial score (nSPS) is 9.94. The summed E-state index contributed by atoms with van der Waals surface area (Å²) in [6, 6.07) is 36.2. The van der Waals surface area contributed by atoms with Crippen molar-refractivity contribution in [3.63, 3.8) is 0 Å². The minimum Gasteiger partial charge on any atom is -0.457 e. The highest BCUT2D eigenvalue weighted by Gasteiger charge is 2.22. The molecule has 0 aromatic heterocycles. The number of hydrogen-bond donors (Lipinski definition) is 0. The molecule has 7 aromatic carbocycles. The average molecular weight is 1360 g/mol. The fourth-order valence-electron chi connectivity index (χ4n) is 6.99. The zero-order valence-corrected chi connectivity index (χ0v) is 51.9. The molecule has 0 amide bonds. The van der Waals surface area contributed by atoms with Crippen LogP contribution in [0.5, 0.6) is 63.2 Å². The second kappa shape index (κ2) is 38.8. The molecule has 28 nitrogen and oxygen atoms in total. The van der Waals surface area contributed by atoms with Crippen molar-refractivity contribution in [1.82, 2.24) is 0 Å². The molecule has 0 radical (unpaired) electrons. The summed E-state index contributed by atoms with van der Waals surface area (Å²) in [5.74, 6) is -7.32. The molecule has 7 aromatic rings. The topological polar surface area (TPSA) is 345 Å². The summed E-state index contributed by atoms with van der Waals surface area (Å²) in [6.07, 6.45) is 5.86. The van der Waals surface area contributed by atoms with Gasteiger partial charge in [-0.05, 0) is 146 Å². The van der Waals surface area contributed by atoms with Gasteiger partial charge in [0, 0.05) is 48.6 Å². The third-order valence-corrected chi connectivity index (χ3v) is 11.9. The quantitative estimate of drug-likeness (QED) is 0.0119. The van der Waals surface area contributed by atoms with Crippen molar-refractivity contribution in [3.05, 3.63) is 261 Å². The minimum atomic E-state index is -0.881. The lowest BCUT2D eigenvalue weighted by atomic mass is 10.2. The molecule has 0 saturated heterocycles. The Balaban J connectivity index is 0.000000318. The van der Waals surface area contributed by atoms with Gasteiger partial charge in [-0.25, -0.2) is 52.7 Å². The van der Waals surface area contributed by atoms with Gasteiger partial charge in [0.05, 0.1) is 27.8 Å². The molecule has 0 spiro atoms. The van der Waals surface area contributed by atoms with E-state index in [0.717, 1.165) is 36.5 Å². The van der Waals surface area contributed by atoms with Crippen LogP contribution < -0.4 is 52.1 Å². The van der Waals surface area contributed by atoms with E-state index >= 15 is 0 Å². The number of rotatable bonds is 34. The Kier molecular flexibility index (Phi) is 29.0. The molecule has 0 heterocycles. The molecule has 0 fully saturated rings. The number of esters is 11.